The molecule has 2 nitrogen and oxygen atoms in total. The second-order valence-electron chi connectivity index (χ2n) is 6.58. The molecular formula is C19H22FNO. The van der Waals surface area contributed by atoms with Crippen LogP contribution >= 0.6 is 0 Å². The number of benzene rings is 2. The van der Waals surface area contributed by atoms with Gasteiger partial charge in [-0.2, -0.15) is 0 Å². The third-order valence-electron chi connectivity index (χ3n) is 3.71. The summed E-state index contributed by atoms with van der Waals surface area (Å²) in [6.07, 6.45) is 0. The number of hydrogen-bond acceptors (Lipinski definition) is 1. The summed E-state index contributed by atoms with van der Waals surface area (Å²) in [6, 6.07) is 13.8. The first kappa shape index (κ1) is 16.2. The summed E-state index contributed by atoms with van der Waals surface area (Å²) >= 11 is 0. The Morgan fingerprint density at radius 3 is 2.27 bits per heavy atom. The van der Waals surface area contributed by atoms with Crippen molar-refractivity contribution in [2.45, 2.75) is 39.2 Å². The van der Waals surface area contributed by atoms with E-state index in [4.69, 9.17) is 0 Å². The molecule has 0 bridgehead atoms. The summed E-state index contributed by atoms with van der Waals surface area (Å²) in [4.78, 5) is 12.1. The lowest BCUT2D eigenvalue weighted by Crippen LogP contribution is -2.26. The molecule has 0 unspecified atom stereocenters. The van der Waals surface area contributed by atoms with E-state index in [-0.39, 0.29) is 17.4 Å². The van der Waals surface area contributed by atoms with Crippen LogP contribution < -0.4 is 5.32 Å². The molecule has 0 aliphatic carbocycles. The van der Waals surface area contributed by atoms with Gasteiger partial charge in [-0.3, -0.25) is 4.79 Å². The Bertz CT molecular complexity index is 656. The third kappa shape index (κ3) is 3.94. The predicted octanol–water partition coefficient (Wildman–Crippen LogP) is 4.61. The van der Waals surface area contributed by atoms with Gasteiger partial charge in [0.25, 0.3) is 5.91 Å². The second kappa shape index (κ2) is 6.30. The molecule has 0 spiro atoms. The number of carbonyl (C=O) groups excluding carboxylic acids is 1. The highest BCUT2D eigenvalue weighted by molar-refractivity contribution is 5.94. The fraction of sp³-hybridized carbons (Fsp3) is 0.316. The van der Waals surface area contributed by atoms with Crippen molar-refractivity contribution in [1.29, 1.82) is 0 Å². The molecule has 1 atom stereocenters. The van der Waals surface area contributed by atoms with Gasteiger partial charge in [0, 0.05) is 5.56 Å². The van der Waals surface area contributed by atoms with Crippen LogP contribution in [0.5, 0.6) is 0 Å². The maximum atomic E-state index is 13.2. The van der Waals surface area contributed by atoms with Gasteiger partial charge >= 0.3 is 0 Å². The van der Waals surface area contributed by atoms with Crippen LogP contribution in [0.3, 0.4) is 0 Å². The van der Waals surface area contributed by atoms with Crippen LogP contribution in [-0.2, 0) is 5.41 Å². The van der Waals surface area contributed by atoms with Gasteiger partial charge in [-0.25, -0.2) is 4.39 Å². The minimum absolute atomic E-state index is 0.104. The lowest BCUT2D eigenvalue weighted by molar-refractivity contribution is 0.0939. The van der Waals surface area contributed by atoms with E-state index in [0.29, 0.717) is 5.56 Å². The average molecular weight is 299 g/mol. The highest BCUT2D eigenvalue weighted by Gasteiger charge is 2.15. The van der Waals surface area contributed by atoms with Gasteiger partial charge in [-0.15, -0.1) is 0 Å². The first-order valence-electron chi connectivity index (χ1n) is 7.44. The molecule has 2 rings (SSSR count). The number of hydrogen-bond donors (Lipinski definition) is 1. The molecule has 3 heteroatoms. The Kier molecular flexibility index (Phi) is 4.65. The summed E-state index contributed by atoms with van der Waals surface area (Å²) in [6.45, 7) is 8.41. The molecule has 22 heavy (non-hydrogen) atoms. The largest absolute Gasteiger partial charge is 0.346 e. The molecule has 1 amide bonds. The van der Waals surface area contributed by atoms with Crippen molar-refractivity contribution in [3.8, 4) is 0 Å². The minimum atomic E-state index is -0.408. The number of carbonyl (C=O) groups is 1. The molecule has 0 heterocycles. The molecule has 0 fully saturated rings. The van der Waals surface area contributed by atoms with E-state index in [2.05, 4.69) is 38.2 Å². The summed E-state index contributed by atoms with van der Waals surface area (Å²) in [7, 11) is 0. The summed E-state index contributed by atoms with van der Waals surface area (Å²) in [5, 5.41) is 2.89. The second-order valence-corrected chi connectivity index (χ2v) is 6.58. The Hall–Kier alpha value is -2.16. The van der Waals surface area contributed by atoms with E-state index in [9.17, 15) is 9.18 Å². The minimum Gasteiger partial charge on any atom is -0.346 e. The standard InChI is InChI=1S/C19H22FNO/c1-13(14-8-10-16(11-9-14)19(2,3)4)21-18(22)15-6-5-7-17(20)12-15/h5-13H,1-4H3,(H,21,22)/t13-/m0/s1. The smallest absolute Gasteiger partial charge is 0.251 e. The van der Waals surface area contributed by atoms with Crippen molar-refractivity contribution >= 4 is 5.91 Å². The van der Waals surface area contributed by atoms with Crippen LogP contribution in [0.1, 0.15) is 55.2 Å². The van der Waals surface area contributed by atoms with Gasteiger partial charge in [0.15, 0.2) is 0 Å². The number of nitrogens with one attached hydrogen (secondary N) is 1. The molecule has 116 valence electrons. The Balaban J connectivity index is 2.09. The van der Waals surface area contributed by atoms with Crippen molar-refractivity contribution in [3.63, 3.8) is 0 Å². The first-order valence-corrected chi connectivity index (χ1v) is 7.44. The molecule has 0 aliphatic heterocycles. The van der Waals surface area contributed by atoms with Gasteiger partial charge in [-0.05, 0) is 41.7 Å². The van der Waals surface area contributed by atoms with Crippen LogP contribution in [0.25, 0.3) is 0 Å². The zero-order chi connectivity index (χ0) is 16.3. The van der Waals surface area contributed by atoms with E-state index >= 15 is 0 Å². The Morgan fingerprint density at radius 2 is 1.73 bits per heavy atom. The van der Waals surface area contributed by atoms with Gasteiger partial charge in [-0.1, -0.05) is 51.1 Å². The predicted molar refractivity (Wildman–Crippen MR) is 87.4 cm³/mol. The van der Waals surface area contributed by atoms with E-state index in [0.717, 1.165) is 5.56 Å². The zero-order valence-electron chi connectivity index (χ0n) is 13.5. The van der Waals surface area contributed by atoms with Crippen molar-refractivity contribution in [1.82, 2.24) is 5.32 Å². The number of rotatable bonds is 3. The highest BCUT2D eigenvalue weighted by Crippen LogP contribution is 2.24. The Labute approximate surface area is 131 Å². The normalized spacial score (nSPS) is 12.8. The van der Waals surface area contributed by atoms with Crippen molar-refractivity contribution in [2.75, 3.05) is 0 Å². The van der Waals surface area contributed by atoms with Crippen LogP contribution in [0.15, 0.2) is 48.5 Å². The quantitative estimate of drug-likeness (QED) is 0.880. The van der Waals surface area contributed by atoms with E-state index in [1.165, 1.54) is 23.8 Å². The summed E-state index contributed by atoms with van der Waals surface area (Å²) in [5.41, 5.74) is 2.71. The maximum Gasteiger partial charge on any atom is 0.251 e. The lowest BCUT2D eigenvalue weighted by Gasteiger charge is -2.20. The van der Waals surface area contributed by atoms with Crippen LogP contribution in [0.2, 0.25) is 0 Å². The molecular weight excluding hydrogens is 277 g/mol. The van der Waals surface area contributed by atoms with Crippen LogP contribution in [-0.4, -0.2) is 5.91 Å². The van der Waals surface area contributed by atoms with Gasteiger partial charge in [0.2, 0.25) is 0 Å². The molecule has 2 aromatic carbocycles. The summed E-state index contributed by atoms with van der Waals surface area (Å²) < 4.78 is 13.2. The maximum absolute atomic E-state index is 13.2. The molecule has 1 N–H and O–H groups in total. The summed E-state index contributed by atoms with van der Waals surface area (Å²) in [5.74, 6) is -0.679. The SMILES string of the molecule is C[C@H](NC(=O)c1cccc(F)c1)c1ccc(C(C)(C)C)cc1. The number of halogens is 1. The lowest BCUT2D eigenvalue weighted by atomic mass is 9.86. The van der Waals surface area contributed by atoms with Gasteiger partial charge < -0.3 is 5.32 Å². The Morgan fingerprint density at radius 1 is 1.09 bits per heavy atom. The van der Waals surface area contributed by atoms with Crippen molar-refractivity contribution in [2.24, 2.45) is 0 Å². The molecule has 0 radical (unpaired) electrons. The number of amides is 1. The molecule has 0 aromatic heterocycles. The molecule has 2 aromatic rings. The van der Waals surface area contributed by atoms with E-state index in [1.807, 2.05) is 19.1 Å². The van der Waals surface area contributed by atoms with Gasteiger partial charge in [0.1, 0.15) is 5.82 Å². The van der Waals surface area contributed by atoms with E-state index < -0.39 is 5.82 Å². The van der Waals surface area contributed by atoms with Crippen LogP contribution in [0.4, 0.5) is 4.39 Å². The first-order chi connectivity index (χ1) is 10.3. The fourth-order valence-electron chi connectivity index (χ4n) is 2.26. The average Bonchev–Trinajstić information content (AvgIpc) is 2.46. The molecule has 0 aliphatic rings. The molecule has 0 saturated heterocycles. The molecule has 0 saturated carbocycles. The highest BCUT2D eigenvalue weighted by atomic mass is 19.1. The third-order valence-corrected chi connectivity index (χ3v) is 3.71. The monoisotopic (exact) mass is 299 g/mol. The van der Waals surface area contributed by atoms with Crippen LogP contribution in [0, 0.1) is 5.82 Å². The zero-order valence-corrected chi connectivity index (χ0v) is 13.5. The van der Waals surface area contributed by atoms with E-state index in [1.54, 1.807) is 6.07 Å². The topological polar surface area (TPSA) is 29.1 Å². The van der Waals surface area contributed by atoms with Crippen molar-refractivity contribution in [3.05, 3.63) is 71.0 Å². The van der Waals surface area contributed by atoms with Gasteiger partial charge in [0.05, 0.1) is 6.04 Å². The fourth-order valence-corrected chi connectivity index (χ4v) is 2.26. The van der Waals surface area contributed by atoms with Crippen molar-refractivity contribution < 1.29 is 9.18 Å².